The first kappa shape index (κ1) is 14.4. The second-order valence-corrected chi connectivity index (χ2v) is 4.45. The number of nitrogens with one attached hydrogen (secondary N) is 2. The molecule has 1 aromatic carbocycles. The summed E-state index contributed by atoms with van der Waals surface area (Å²) in [6.07, 6.45) is 2.85. The van der Waals surface area contributed by atoms with Gasteiger partial charge in [-0.1, -0.05) is 0 Å². The van der Waals surface area contributed by atoms with Crippen LogP contribution in [0, 0.1) is 10.1 Å². The first-order chi connectivity index (χ1) is 9.97. The lowest BCUT2D eigenvalue weighted by Crippen LogP contribution is -2.38. The lowest BCUT2D eigenvalue weighted by molar-refractivity contribution is -0.385. The molecule has 2 rings (SSSR count). The summed E-state index contributed by atoms with van der Waals surface area (Å²) in [7, 11) is 0. The smallest absolute Gasteiger partial charge is 0.329 e. The zero-order chi connectivity index (χ0) is 15.4. The van der Waals surface area contributed by atoms with Crippen molar-refractivity contribution in [1.82, 2.24) is 10.7 Å². The maximum Gasteiger partial charge on any atom is 0.329 e. The number of nitro groups is 1. The fourth-order valence-electron chi connectivity index (χ4n) is 1.46. The van der Waals surface area contributed by atoms with Gasteiger partial charge in [0.2, 0.25) is 0 Å². The third kappa shape index (κ3) is 4.00. The fourth-order valence-corrected chi connectivity index (χ4v) is 1.46. The third-order valence-corrected chi connectivity index (χ3v) is 2.69. The molecule has 0 atom stereocenters. The zero-order valence-corrected chi connectivity index (χ0v) is 10.8. The Balaban J connectivity index is 1.94. The molecule has 2 amide bonds. The molecule has 0 aliphatic heterocycles. The summed E-state index contributed by atoms with van der Waals surface area (Å²) < 4.78 is 0. The number of nitro benzene ring substituents is 1. The van der Waals surface area contributed by atoms with Crippen LogP contribution in [0.3, 0.4) is 0 Å². The van der Waals surface area contributed by atoms with Crippen LogP contribution in [0.2, 0.25) is 0 Å². The molecule has 0 heterocycles. The van der Waals surface area contributed by atoms with Crippen LogP contribution < -0.4 is 10.7 Å². The fraction of sp³-hybridized carbons (Fsp3) is 0.250. The van der Waals surface area contributed by atoms with Crippen molar-refractivity contribution in [2.24, 2.45) is 5.10 Å². The maximum atomic E-state index is 11.3. The molecule has 110 valence electrons. The molecule has 0 aromatic heterocycles. The first-order valence-electron chi connectivity index (χ1n) is 6.08. The lowest BCUT2D eigenvalue weighted by Gasteiger charge is -2.01. The number of hydrogen-bond acceptors (Lipinski definition) is 6. The van der Waals surface area contributed by atoms with E-state index in [0.717, 1.165) is 31.2 Å². The van der Waals surface area contributed by atoms with Gasteiger partial charge in [0.1, 0.15) is 0 Å². The minimum absolute atomic E-state index is 0.0620. The van der Waals surface area contributed by atoms with E-state index in [0.29, 0.717) is 5.56 Å². The van der Waals surface area contributed by atoms with E-state index in [4.69, 9.17) is 0 Å². The molecule has 9 nitrogen and oxygen atoms in total. The van der Waals surface area contributed by atoms with Crippen LogP contribution in [0.15, 0.2) is 23.3 Å². The number of hydrazone groups is 1. The topological polar surface area (TPSA) is 134 Å². The second-order valence-electron chi connectivity index (χ2n) is 4.45. The third-order valence-electron chi connectivity index (χ3n) is 2.69. The summed E-state index contributed by atoms with van der Waals surface area (Å²) in [5, 5.41) is 25.9. The standard InChI is InChI=1S/C12H12N4O5/c17-10-4-1-7(5-9(10)16(20)21)6-13-15-12(19)11(18)14-8-2-3-8/h1,4-6,8,17H,2-3H2,(H,14,18)(H,15,19)/b13-6+. The Hall–Kier alpha value is -2.97. The van der Waals surface area contributed by atoms with Gasteiger partial charge >= 0.3 is 17.5 Å². The van der Waals surface area contributed by atoms with Crippen LogP contribution in [0.25, 0.3) is 0 Å². The van der Waals surface area contributed by atoms with E-state index in [1.54, 1.807) is 0 Å². The Morgan fingerprint density at radius 2 is 2.10 bits per heavy atom. The normalized spacial score (nSPS) is 13.9. The minimum atomic E-state index is -0.911. The van der Waals surface area contributed by atoms with Crippen molar-refractivity contribution in [2.75, 3.05) is 0 Å². The van der Waals surface area contributed by atoms with E-state index in [2.05, 4.69) is 10.4 Å². The van der Waals surface area contributed by atoms with Crippen molar-refractivity contribution in [3.05, 3.63) is 33.9 Å². The quantitative estimate of drug-likeness (QED) is 0.311. The van der Waals surface area contributed by atoms with Gasteiger partial charge in [-0.2, -0.15) is 5.10 Å². The van der Waals surface area contributed by atoms with E-state index in [-0.39, 0.29) is 6.04 Å². The van der Waals surface area contributed by atoms with E-state index in [1.807, 2.05) is 5.43 Å². The average Bonchev–Trinajstić information content (AvgIpc) is 3.24. The molecule has 0 bridgehead atoms. The van der Waals surface area contributed by atoms with Gasteiger partial charge in [0.25, 0.3) is 0 Å². The first-order valence-corrected chi connectivity index (χ1v) is 6.08. The van der Waals surface area contributed by atoms with Gasteiger partial charge in [-0.05, 0) is 25.0 Å². The minimum Gasteiger partial charge on any atom is -0.502 e. The van der Waals surface area contributed by atoms with E-state index in [9.17, 15) is 24.8 Å². The highest BCUT2D eigenvalue weighted by atomic mass is 16.6. The van der Waals surface area contributed by atoms with Crippen LogP contribution in [0.1, 0.15) is 18.4 Å². The van der Waals surface area contributed by atoms with Crippen LogP contribution in [0.4, 0.5) is 5.69 Å². The summed E-state index contributed by atoms with van der Waals surface area (Å²) in [6.45, 7) is 0. The summed E-state index contributed by atoms with van der Waals surface area (Å²) in [5.74, 6) is -2.15. The van der Waals surface area contributed by atoms with E-state index >= 15 is 0 Å². The predicted molar refractivity (Wildman–Crippen MR) is 71.7 cm³/mol. The Morgan fingerprint density at radius 1 is 1.38 bits per heavy atom. The number of phenolic OH excluding ortho intramolecular Hbond substituents is 1. The molecule has 0 spiro atoms. The monoisotopic (exact) mass is 292 g/mol. The number of amides is 2. The highest BCUT2D eigenvalue weighted by Gasteiger charge is 2.26. The largest absolute Gasteiger partial charge is 0.502 e. The van der Waals surface area contributed by atoms with Gasteiger partial charge in [-0.3, -0.25) is 19.7 Å². The number of carbonyl (C=O) groups excluding carboxylic acids is 2. The summed E-state index contributed by atoms with van der Waals surface area (Å²) in [4.78, 5) is 32.5. The number of benzene rings is 1. The summed E-state index contributed by atoms with van der Waals surface area (Å²) in [5.41, 5.74) is 1.83. The molecule has 3 N–H and O–H groups in total. The summed E-state index contributed by atoms with van der Waals surface area (Å²) >= 11 is 0. The van der Waals surface area contributed by atoms with Crippen LogP contribution in [0.5, 0.6) is 5.75 Å². The second kappa shape index (κ2) is 5.99. The van der Waals surface area contributed by atoms with Gasteiger partial charge in [0.05, 0.1) is 11.1 Å². The van der Waals surface area contributed by atoms with Gasteiger partial charge in [-0.15, -0.1) is 0 Å². The molecular formula is C12H12N4O5. The molecule has 1 aliphatic carbocycles. The van der Waals surface area contributed by atoms with Gasteiger partial charge < -0.3 is 10.4 Å². The molecular weight excluding hydrogens is 280 g/mol. The maximum absolute atomic E-state index is 11.3. The Kier molecular flexibility index (Phi) is 4.12. The molecule has 1 aromatic rings. The van der Waals surface area contributed by atoms with Crippen molar-refractivity contribution in [3.8, 4) is 5.75 Å². The number of hydrogen-bond donors (Lipinski definition) is 3. The number of nitrogens with zero attached hydrogens (tertiary/aromatic N) is 2. The Bertz CT molecular complexity index is 624. The molecule has 1 fully saturated rings. The molecule has 21 heavy (non-hydrogen) atoms. The molecule has 0 radical (unpaired) electrons. The number of phenols is 1. The van der Waals surface area contributed by atoms with Crippen molar-refractivity contribution < 1.29 is 19.6 Å². The average molecular weight is 292 g/mol. The molecule has 1 aliphatic rings. The van der Waals surface area contributed by atoms with Crippen molar-refractivity contribution in [3.63, 3.8) is 0 Å². The number of carbonyl (C=O) groups is 2. The van der Waals surface area contributed by atoms with Gasteiger partial charge in [-0.25, -0.2) is 5.43 Å². The highest BCUT2D eigenvalue weighted by molar-refractivity contribution is 6.35. The Labute approximate surface area is 118 Å². The molecule has 9 heteroatoms. The number of rotatable bonds is 4. The highest BCUT2D eigenvalue weighted by Crippen LogP contribution is 2.25. The number of aromatic hydroxyl groups is 1. The zero-order valence-electron chi connectivity index (χ0n) is 10.8. The Morgan fingerprint density at radius 3 is 2.71 bits per heavy atom. The molecule has 0 unspecified atom stereocenters. The van der Waals surface area contributed by atoms with Gasteiger partial charge in [0.15, 0.2) is 5.75 Å². The lowest BCUT2D eigenvalue weighted by atomic mass is 10.2. The predicted octanol–water partition coefficient (Wildman–Crippen LogP) is 0.0291. The SMILES string of the molecule is O=C(N/N=C/c1ccc(O)c([N+](=O)[O-])c1)C(=O)NC1CC1. The van der Waals surface area contributed by atoms with Crippen LogP contribution in [-0.2, 0) is 9.59 Å². The van der Waals surface area contributed by atoms with Crippen LogP contribution >= 0.6 is 0 Å². The van der Waals surface area contributed by atoms with Crippen LogP contribution in [-0.4, -0.2) is 34.1 Å². The molecule has 0 saturated heterocycles. The molecule has 1 saturated carbocycles. The van der Waals surface area contributed by atoms with Gasteiger partial charge in [0, 0.05) is 17.7 Å². The van der Waals surface area contributed by atoms with Crippen molar-refractivity contribution >= 4 is 23.7 Å². The van der Waals surface area contributed by atoms with E-state index < -0.39 is 28.2 Å². The van der Waals surface area contributed by atoms with E-state index in [1.165, 1.54) is 6.07 Å². The van der Waals surface area contributed by atoms with Crippen molar-refractivity contribution in [1.29, 1.82) is 0 Å². The van der Waals surface area contributed by atoms with Crippen molar-refractivity contribution in [2.45, 2.75) is 18.9 Å². The summed E-state index contributed by atoms with van der Waals surface area (Å²) in [6, 6.07) is 3.67.